The minimum Gasteiger partial charge on any atom is -0.507 e. The molecule has 0 saturated carbocycles. The molecule has 2 amide bonds. The van der Waals surface area contributed by atoms with Gasteiger partial charge in [0, 0.05) is 37.2 Å². The van der Waals surface area contributed by atoms with Crippen molar-refractivity contribution in [2.24, 2.45) is 0 Å². The number of fused-ring (bicyclic) bond motifs is 1. The van der Waals surface area contributed by atoms with Gasteiger partial charge in [0.15, 0.2) is 17.3 Å². The van der Waals surface area contributed by atoms with Gasteiger partial charge in [-0.3, -0.25) is 14.4 Å². The number of aromatic nitrogens is 2. The molecule has 0 aliphatic carbocycles. The number of ether oxygens (including phenoxy) is 4. The number of nitrogens with zero attached hydrogens (tertiary/aromatic N) is 2. The van der Waals surface area contributed by atoms with Gasteiger partial charge in [-0.05, 0) is 68.4 Å². The molecule has 15 heteroatoms. The lowest BCUT2D eigenvalue weighted by atomic mass is 9.84. The van der Waals surface area contributed by atoms with Crippen LogP contribution in [-0.2, 0) is 25.7 Å². The maximum atomic E-state index is 13.7. The van der Waals surface area contributed by atoms with E-state index in [9.17, 15) is 29.4 Å². The van der Waals surface area contributed by atoms with E-state index < -0.39 is 35.7 Å². The number of nitrogens with one attached hydrogen (secondary N) is 2. The van der Waals surface area contributed by atoms with Crippen molar-refractivity contribution >= 4 is 29.6 Å². The van der Waals surface area contributed by atoms with Crippen molar-refractivity contribution in [3.8, 4) is 28.7 Å². The number of benzene rings is 2. The van der Waals surface area contributed by atoms with E-state index in [0.29, 0.717) is 56.9 Å². The highest BCUT2D eigenvalue weighted by molar-refractivity contribution is 5.98. The highest BCUT2D eigenvalue weighted by Crippen LogP contribution is 2.47. The number of hydrogen-bond donors (Lipinski definition) is 4. The second-order valence-corrected chi connectivity index (χ2v) is 12.8. The van der Waals surface area contributed by atoms with Gasteiger partial charge in [0.05, 0.1) is 34.0 Å². The molecular weight excluding hydrogens is 676 g/mol. The van der Waals surface area contributed by atoms with Crippen LogP contribution in [0, 0.1) is 0 Å². The first-order valence-corrected chi connectivity index (χ1v) is 17.2. The van der Waals surface area contributed by atoms with Crippen LogP contribution in [0.5, 0.6) is 28.7 Å². The van der Waals surface area contributed by atoms with Gasteiger partial charge < -0.3 is 44.3 Å². The second kappa shape index (κ2) is 17.1. The molecule has 3 heterocycles. The molecule has 0 spiro atoms. The Balaban J connectivity index is 1.53. The second-order valence-electron chi connectivity index (χ2n) is 12.8. The Labute approximate surface area is 300 Å². The highest BCUT2D eigenvalue weighted by Gasteiger charge is 2.33. The third-order valence-electron chi connectivity index (χ3n) is 9.10. The molecule has 2 unspecified atom stereocenters. The minimum atomic E-state index is -1.07. The first-order chi connectivity index (χ1) is 25.0. The van der Waals surface area contributed by atoms with E-state index in [-0.39, 0.29) is 76.1 Å². The molecule has 4 N–H and O–H groups in total. The number of phenols is 2. The number of rotatable bonds is 10. The average molecular weight is 721 g/mol. The fraction of sp³-hybridized carbons (Fsp3) is 0.459. The summed E-state index contributed by atoms with van der Waals surface area (Å²) in [5.74, 6) is -2.13. The number of aromatic hydroxyl groups is 2. The number of esters is 1. The normalized spacial score (nSPS) is 18.8. The Morgan fingerprint density at radius 3 is 2.42 bits per heavy atom. The maximum Gasteiger partial charge on any atom is 0.342 e. The van der Waals surface area contributed by atoms with E-state index in [0.717, 1.165) is 0 Å². The zero-order valence-electron chi connectivity index (χ0n) is 29.7. The molecule has 0 bridgehead atoms. The van der Waals surface area contributed by atoms with Crippen molar-refractivity contribution in [3.63, 3.8) is 0 Å². The summed E-state index contributed by atoms with van der Waals surface area (Å²) in [6, 6.07) is 4.12. The third-order valence-corrected chi connectivity index (χ3v) is 9.10. The molecular formula is C37H44N4O11. The zero-order chi connectivity index (χ0) is 37.4. The number of hydrogen-bond acceptors (Lipinski definition) is 13. The van der Waals surface area contributed by atoms with Gasteiger partial charge in [0.25, 0.3) is 0 Å². The minimum absolute atomic E-state index is 0.105. The number of methoxy groups -OCH3 is 3. The Morgan fingerprint density at radius 2 is 1.75 bits per heavy atom. The molecule has 2 aromatic carbocycles. The van der Waals surface area contributed by atoms with Crippen molar-refractivity contribution in [3.05, 3.63) is 58.2 Å². The van der Waals surface area contributed by atoms with E-state index in [4.69, 9.17) is 23.5 Å². The molecule has 278 valence electrons. The molecule has 5 rings (SSSR count). The Kier molecular flexibility index (Phi) is 12.4. The Bertz CT molecular complexity index is 1810. The maximum absolute atomic E-state index is 13.7. The predicted molar refractivity (Wildman–Crippen MR) is 185 cm³/mol. The van der Waals surface area contributed by atoms with Gasteiger partial charge in [0.1, 0.15) is 28.9 Å². The molecule has 15 nitrogen and oxygen atoms in total. The van der Waals surface area contributed by atoms with Crippen LogP contribution >= 0.6 is 0 Å². The smallest absolute Gasteiger partial charge is 0.342 e. The lowest BCUT2D eigenvalue weighted by Gasteiger charge is -2.24. The fourth-order valence-corrected chi connectivity index (χ4v) is 6.42. The first kappa shape index (κ1) is 37.7. The number of carbonyl (C=O) groups excluding carboxylic acids is 4. The topological polar surface area (TPSA) is 209 Å². The van der Waals surface area contributed by atoms with Gasteiger partial charge in [-0.15, -0.1) is 0 Å². The molecule has 1 aromatic heterocycles. The van der Waals surface area contributed by atoms with Gasteiger partial charge in [-0.1, -0.05) is 17.3 Å². The number of Topliss-reactive ketones (excluding diaryl/α,β-unsaturated/α-hetero) is 1. The summed E-state index contributed by atoms with van der Waals surface area (Å²) in [5.41, 5.74) is 0.308. The third kappa shape index (κ3) is 8.82. The number of cyclic esters (lactones) is 1. The molecule has 1 fully saturated rings. The van der Waals surface area contributed by atoms with E-state index in [2.05, 4.69) is 20.8 Å². The van der Waals surface area contributed by atoms with Crippen molar-refractivity contribution in [1.82, 2.24) is 20.8 Å². The number of ketones is 1. The van der Waals surface area contributed by atoms with Crippen LogP contribution in [0.3, 0.4) is 0 Å². The van der Waals surface area contributed by atoms with Gasteiger partial charge in [-0.2, -0.15) is 4.98 Å². The first-order valence-electron chi connectivity index (χ1n) is 17.2. The number of carbonyl (C=O) groups is 4. The largest absolute Gasteiger partial charge is 0.507 e. The summed E-state index contributed by atoms with van der Waals surface area (Å²) in [6.45, 7) is 1.59. The van der Waals surface area contributed by atoms with Gasteiger partial charge in [-0.25, -0.2) is 4.79 Å². The van der Waals surface area contributed by atoms with E-state index in [1.165, 1.54) is 27.4 Å². The lowest BCUT2D eigenvalue weighted by molar-refractivity contribution is -0.121. The summed E-state index contributed by atoms with van der Waals surface area (Å²) in [5, 5.41) is 32.9. The summed E-state index contributed by atoms with van der Waals surface area (Å²) in [6.07, 6.45) is 6.26. The van der Waals surface area contributed by atoms with Crippen molar-refractivity contribution in [2.45, 2.75) is 89.3 Å². The molecule has 3 atom stereocenters. The van der Waals surface area contributed by atoms with Crippen molar-refractivity contribution in [1.29, 1.82) is 0 Å². The van der Waals surface area contributed by atoms with Crippen LogP contribution in [0.1, 0.15) is 115 Å². The van der Waals surface area contributed by atoms with Gasteiger partial charge in [0.2, 0.25) is 23.5 Å². The quantitative estimate of drug-likeness (QED) is 0.208. The summed E-state index contributed by atoms with van der Waals surface area (Å²) in [7, 11) is 4.30. The van der Waals surface area contributed by atoms with E-state index in [1.54, 1.807) is 31.2 Å². The summed E-state index contributed by atoms with van der Waals surface area (Å²) >= 11 is 0. The van der Waals surface area contributed by atoms with E-state index in [1.807, 2.05) is 0 Å². The average Bonchev–Trinajstić information content (AvgIpc) is 3.77. The van der Waals surface area contributed by atoms with Crippen LogP contribution in [0.25, 0.3) is 6.08 Å². The van der Waals surface area contributed by atoms with Crippen LogP contribution in [-0.4, -0.2) is 71.4 Å². The monoisotopic (exact) mass is 720 g/mol. The van der Waals surface area contributed by atoms with Crippen molar-refractivity contribution in [2.75, 3.05) is 21.3 Å². The summed E-state index contributed by atoms with van der Waals surface area (Å²) < 4.78 is 27.6. The van der Waals surface area contributed by atoms with Crippen LogP contribution in [0.4, 0.5) is 0 Å². The lowest BCUT2D eigenvalue weighted by Crippen LogP contribution is -2.26. The van der Waals surface area contributed by atoms with Crippen molar-refractivity contribution < 1.29 is 52.9 Å². The van der Waals surface area contributed by atoms with Crippen LogP contribution in [0.15, 0.2) is 28.8 Å². The predicted octanol–water partition coefficient (Wildman–Crippen LogP) is 4.78. The molecule has 3 aromatic rings. The molecule has 2 aliphatic rings. The fourth-order valence-electron chi connectivity index (χ4n) is 6.42. The summed E-state index contributed by atoms with van der Waals surface area (Å²) in [4.78, 5) is 55.5. The number of allylic oxidation sites excluding steroid dienone is 1. The zero-order valence-corrected chi connectivity index (χ0v) is 29.7. The Hall–Kier alpha value is -5.60. The van der Waals surface area contributed by atoms with Crippen LogP contribution < -0.4 is 24.8 Å². The molecule has 52 heavy (non-hydrogen) atoms. The number of phenolic OH excluding ortho intramolecular Hbond substituents is 2. The molecule has 1 saturated heterocycles. The van der Waals surface area contributed by atoms with Crippen LogP contribution in [0.2, 0.25) is 0 Å². The molecule has 2 aliphatic heterocycles. The standard InChI is InChI=1S/C37H44N4O11/c1-20-9-8-12-23(42)11-7-5-6-10-21-15-26(43)33(34(46)32(21)37(47)51-20)24(22-16-27(48-2)35(50-4)28(17-22)49-3)18-31(45)38-19-29-40-36(52-41-29)25-13-14-30(44)39-25/h6,10,15-17,20,24-25,43,46H,5,7-9,11-14,18-19H2,1-4H3,(H,38,45)(H,39,44)/t20-,24?,25?/m0/s1. The Morgan fingerprint density at radius 1 is 1.02 bits per heavy atom. The highest BCUT2D eigenvalue weighted by atomic mass is 16.5. The number of amides is 2. The SMILES string of the molecule is COc1cc(C(CC(=O)NCc2noc(C3CCC(=O)N3)n2)c2c(O)cc3c(c2O)C(=O)O[C@@H](C)CCCC(=O)CCCC=C3)cc(OC)c1OC. The molecule has 0 radical (unpaired) electrons. The van der Waals surface area contributed by atoms with Gasteiger partial charge >= 0.3 is 5.97 Å². The van der Waals surface area contributed by atoms with E-state index >= 15 is 0 Å².